The number of aromatic nitrogens is 1. The topological polar surface area (TPSA) is 92.0 Å². The van der Waals surface area contributed by atoms with Gasteiger partial charge >= 0.3 is 12.2 Å². The Morgan fingerprint density at radius 1 is 1.15 bits per heavy atom. The zero-order valence-electron chi connectivity index (χ0n) is 15.5. The summed E-state index contributed by atoms with van der Waals surface area (Å²) in [5.41, 5.74) is 0.876. The van der Waals surface area contributed by atoms with Gasteiger partial charge in [-0.1, -0.05) is 0 Å². The number of hydrogen-bond donors (Lipinski definition) is 2. The molecule has 2 amide bonds. The first kappa shape index (κ1) is 19.3. The van der Waals surface area contributed by atoms with Crippen LogP contribution in [0.15, 0.2) is 24.5 Å². The molecule has 27 heavy (non-hydrogen) atoms. The van der Waals surface area contributed by atoms with Crippen molar-refractivity contribution < 1.29 is 29.0 Å². The van der Waals surface area contributed by atoms with E-state index in [1.165, 1.54) is 12.4 Å². The van der Waals surface area contributed by atoms with Gasteiger partial charge in [0.1, 0.15) is 6.10 Å². The summed E-state index contributed by atoms with van der Waals surface area (Å²) in [4.78, 5) is 25.6. The van der Waals surface area contributed by atoms with E-state index >= 15 is 0 Å². The van der Waals surface area contributed by atoms with Gasteiger partial charge in [-0.2, -0.15) is 0 Å². The zero-order chi connectivity index (χ0) is 19.1. The van der Waals surface area contributed by atoms with Crippen molar-refractivity contribution in [2.45, 2.75) is 51.2 Å². The first-order valence-corrected chi connectivity index (χ1v) is 9.66. The average molecular weight is 378 g/mol. The third kappa shape index (κ3) is 6.01. The summed E-state index contributed by atoms with van der Waals surface area (Å²) in [5.74, 6) is 0.342. The number of amides is 2. The Morgan fingerprint density at radius 2 is 1.81 bits per heavy atom. The highest BCUT2D eigenvalue weighted by molar-refractivity contribution is 5.68. The molecule has 2 N–H and O–H groups in total. The monoisotopic (exact) mass is 378 g/mol. The minimum absolute atomic E-state index is 0.0918. The van der Waals surface area contributed by atoms with Crippen molar-refractivity contribution in [3.63, 3.8) is 0 Å². The van der Waals surface area contributed by atoms with Crippen LogP contribution in [0.3, 0.4) is 0 Å². The van der Waals surface area contributed by atoms with Gasteiger partial charge in [0.2, 0.25) is 12.4 Å². The molecular formula is C19H28N3O5+. The molecule has 0 bridgehead atoms. The minimum atomic E-state index is -0.431. The van der Waals surface area contributed by atoms with E-state index in [4.69, 9.17) is 9.47 Å². The number of alkyl carbamates (subject to hydrolysis) is 1. The molecule has 1 saturated heterocycles. The van der Waals surface area contributed by atoms with Crippen LogP contribution in [0.5, 0.6) is 0 Å². The smallest absolute Gasteiger partial charge is 0.409 e. The standard InChI is InChI=1S/C19H27N3O5/c23-18(20-13-15-7-11-22(25)12-8-15)27-17-5-3-16(4-6-17)14-26-19(24)21-9-1-2-10-21/h7-8,11-12,16-17H,1-6,9-10,13-14H2,(H-,20,23,25)/p+1. The molecule has 2 heterocycles. The summed E-state index contributed by atoms with van der Waals surface area (Å²) in [6.45, 7) is 2.41. The van der Waals surface area contributed by atoms with Gasteiger partial charge in [0.05, 0.1) is 6.61 Å². The van der Waals surface area contributed by atoms with Crippen LogP contribution < -0.4 is 10.0 Å². The van der Waals surface area contributed by atoms with E-state index in [2.05, 4.69) is 5.32 Å². The SMILES string of the molecule is O=C(NCc1cc[n+](O)cc1)OC1CCC(COC(=O)N2CCCC2)CC1. The second-order valence-corrected chi connectivity index (χ2v) is 7.26. The van der Waals surface area contributed by atoms with Crippen LogP contribution in [-0.2, 0) is 16.0 Å². The van der Waals surface area contributed by atoms with Crippen LogP contribution in [-0.4, -0.2) is 48.1 Å². The average Bonchev–Trinajstić information content (AvgIpc) is 3.22. The minimum Gasteiger partial charge on any atom is -0.449 e. The molecule has 1 aliphatic heterocycles. The molecule has 8 nitrogen and oxygen atoms in total. The third-order valence-electron chi connectivity index (χ3n) is 5.19. The number of hydrogen-bond acceptors (Lipinski definition) is 5. The maximum Gasteiger partial charge on any atom is 0.409 e. The molecule has 148 valence electrons. The van der Waals surface area contributed by atoms with Crippen molar-refractivity contribution in [1.29, 1.82) is 0 Å². The van der Waals surface area contributed by atoms with Crippen molar-refractivity contribution in [2.24, 2.45) is 5.92 Å². The molecule has 0 radical (unpaired) electrons. The third-order valence-corrected chi connectivity index (χ3v) is 5.19. The molecule has 1 saturated carbocycles. The van der Waals surface area contributed by atoms with Crippen LogP contribution in [0.25, 0.3) is 0 Å². The Balaban J connectivity index is 1.30. The van der Waals surface area contributed by atoms with Crippen molar-refractivity contribution in [1.82, 2.24) is 10.2 Å². The molecule has 8 heteroatoms. The number of nitrogens with zero attached hydrogens (tertiary/aromatic N) is 2. The van der Waals surface area contributed by atoms with E-state index in [1.807, 2.05) is 0 Å². The number of nitrogens with one attached hydrogen (secondary N) is 1. The maximum atomic E-state index is 11.9. The molecule has 3 rings (SSSR count). The van der Waals surface area contributed by atoms with Crippen LogP contribution in [0.4, 0.5) is 9.59 Å². The first-order valence-electron chi connectivity index (χ1n) is 9.66. The van der Waals surface area contributed by atoms with Crippen LogP contribution in [0.1, 0.15) is 44.1 Å². The van der Waals surface area contributed by atoms with E-state index < -0.39 is 6.09 Å². The Labute approximate surface area is 159 Å². The number of pyridine rings is 1. The van der Waals surface area contributed by atoms with Gasteiger partial charge in [-0.25, -0.2) is 9.59 Å². The summed E-state index contributed by atoms with van der Waals surface area (Å²) in [7, 11) is 0. The summed E-state index contributed by atoms with van der Waals surface area (Å²) >= 11 is 0. The molecule has 2 fully saturated rings. The lowest BCUT2D eigenvalue weighted by Crippen LogP contribution is -2.33. The summed E-state index contributed by atoms with van der Waals surface area (Å²) < 4.78 is 11.8. The highest BCUT2D eigenvalue weighted by Gasteiger charge is 2.26. The lowest BCUT2D eigenvalue weighted by Gasteiger charge is -2.28. The number of carbonyl (C=O) groups excluding carboxylic acids is 2. The Kier molecular flexibility index (Phi) is 6.73. The van der Waals surface area contributed by atoms with Crippen LogP contribution >= 0.6 is 0 Å². The van der Waals surface area contributed by atoms with Gasteiger partial charge in [0.25, 0.3) is 0 Å². The number of carbonyl (C=O) groups is 2. The highest BCUT2D eigenvalue weighted by Crippen LogP contribution is 2.27. The zero-order valence-corrected chi connectivity index (χ0v) is 15.5. The van der Waals surface area contributed by atoms with Crippen molar-refractivity contribution in [3.8, 4) is 0 Å². The molecule has 0 aromatic carbocycles. The predicted octanol–water partition coefficient (Wildman–Crippen LogP) is 2.23. The van der Waals surface area contributed by atoms with Crippen molar-refractivity contribution >= 4 is 12.2 Å². The van der Waals surface area contributed by atoms with Gasteiger partial charge in [0, 0.05) is 36.5 Å². The lowest BCUT2D eigenvalue weighted by molar-refractivity contribution is -0.904. The maximum absolute atomic E-state index is 11.9. The molecule has 0 spiro atoms. The Bertz CT molecular complexity index is 623. The second kappa shape index (κ2) is 9.43. The van der Waals surface area contributed by atoms with Crippen molar-refractivity contribution in [3.05, 3.63) is 30.1 Å². The van der Waals surface area contributed by atoms with E-state index in [1.54, 1.807) is 17.0 Å². The Morgan fingerprint density at radius 3 is 2.48 bits per heavy atom. The molecule has 1 aromatic rings. The Hall–Kier alpha value is -2.51. The van der Waals surface area contributed by atoms with Crippen LogP contribution in [0, 0.1) is 5.92 Å². The highest BCUT2D eigenvalue weighted by atomic mass is 16.6. The van der Waals surface area contributed by atoms with E-state index in [0.717, 1.165) is 61.9 Å². The second-order valence-electron chi connectivity index (χ2n) is 7.26. The number of likely N-dealkylation sites (tertiary alicyclic amines) is 1. The molecular weight excluding hydrogens is 350 g/mol. The summed E-state index contributed by atoms with van der Waals surface area (Å²) in [6.07, 6.45) is 7.76. The van der Waals surface area contributed by atoms with Gasteiger partial charge < -0.3 is 19.7 Å². The lowest BCUT2D eigenvalue weighted by atomic mass is 9.88. The van der Waals surface area contributed by atoms with Gasteiger partial charge in [0.15, 0.2) is 0 Å². The molecule has 2 aliphatic rings. The largest absolute Gasteiger partial charge is 0.449 e. The fourth-order valence-corrected chi connectivity index (χ4v) is 3.53. The first-order chi connectivity index (χ1) is 13.1. The summed E-state index contributed by atoms with van der Waals surface area (Å²) in [5, 5.41) is 11.9. The molecule has 0 atom stereocenters. The van der Waals surface area contributed by atoms with E-state index in [0.29, 0.717) is 19.1 Å². The number of ether oxygens (including phenoxy) is 2. The van der Waals surface area contributed by atoms with E-state index in [9.17, 15) is 14.8 Å². The fraction of sp³-hybridized carbons (Fsp3) is 0.632. The molecule has 0 unspecified atom stereocenters. The predicted molar refractivity (Wildman–Crippen MR) is 95.0 cm³/mol. The fourth-order valence-electron chi connectivity index (χ4n) is 3.53. The molecule has 1 aromatic heterocycles. The summed E-state index contributed by atoms with van der Waals surface area (Å²) in [6, 6.07) is 3.43. The van der Waals surface area contributed by atoms with Gasteiger partial charge in [-0.3, -0.25) is 5.21 Å². The van der Waals surface area contributed by atoms with Gasteiger partial charge in [-0.05, 0) is 50.0 Å². The van der Waals surface area contributed by atoms with E-state index in [-0.39, 0.29) is 12.2 Å². The van der Waals surface area contributed by atoms with Gasteiger partial charge in [-0.15, -0.1) is 0 Å². The van der Waals surface area contributed by atoms with Crippen LogP contribution in [0.2, 0.25) is 0 Å². The van der Waals surface area contributed by atoms with Crippen molar-refractivity contribution in [2.75, 3.05) is 19.7 Å². The number of rotatable bonds is 5. The quantitative estimate of drug-likeness (QED) is 0.606. The molecule has 1 aliphatic carbocycles. The normalized spacial score (nSPS) is 22.3.